The third-order valence-corrected chi connectivity index (χ3v) is 3.17. The molecule has 1 rings (SSSR count). The summed E-state index contributed by atoms with van der Waals surface area (Å²) < 4.78 is 12.7. The molecule has 1 aromatic heterocycles. The predicted molar refractivity (Wildman–Crippen MR) is 86.0 cm³/mol. The number of nitrogens with zero attached hydrogens (tertiary/aromatic N) is 2. The molecule has 0 spiro atoms. The van der Waals surface area contributed by atoms with E-state index in [1.807, 2.05) is 33.3 Å². The topological polar surface area (TPSA) is 65.4 Å². The van der Waals surface area contributed by atoms with Crippen molar-refractivity contribution in [3.8, 4) is 0 Å². The van der Waals surface area contributed by atoms with E-state index in [-0.39, 0.29) is 12.1 Å². The maximum Gasteiger partial charge on any atom is 0.407 e. The summed E-state index contributed by atoms with van der Waals surface area (Å²) in [5.74, 6) is 0. The highest BCUT2D eigenvalue weighted by atomic mass is 16.6. The van der Waals surface area contributed by atoms with Gasteiger partial charge in [-0.25, -0.2) is 9.78 Å². The van der Waals surface area contributed by atoms with Crippen LogP contribution in [0.3, 0.4) is 0 Å². The Kier molecular flexibility index (Phi) is 7.38. The molecule has 0 saturated heterocycles. The van der Waals surface area contributed by atoms with Gasteiger partial charge >= 0.3 is 6.09 Å². The largest absolute Gasteiger partial charge is 0.444 e. The van der Waals surface area contributed by atoms with Crippen LogP contribution in [0.5, 0.6) is 0 Å². The molecule has 6 heteroatoms. The van der Waals surface area contributed by atoms with Crippen molar-refractivity contribution in [3.05, 3.63) is 18.2 Å². The number of alkyl carbamates (subject to hydrolysis) is 1. The van der Waals surface area contributed by atoms with Crippen molar-refractivity contribution in [3.63, 3.8) is 0 Å². The van der Waals surface area contributed by atoms with Crippen LogP contribution in [0, 0.1) is 0 Å². The Hall–Kier alpha value is -1.56. The molecule has 0 aliphatic rings. The van der Waals surface area contributed by atoms with Crippen molar-refractivity contribution in [2.24, 2.45) is 0 Å². The van der Waals surface area contributed by atoms with E-state index in [0.29, 0.717) is 19.6 Å². The van der Waals surface area contributed by atoms with Gasteiger partial charge in [0.2, 0.25) is 0 Å². The number of nitrogens with one attached hydrogen (secondary N) is 1. The number of carbonyl (C=O) groups is 1. The molecule has 0 radical (unpaired) electrons. The molecule has 0 fully saturated rings. The summed E-state index contributed by atoms with van der Waals surface area (Å²) in [6.45, 7) is 8.89. The van der Waals surface area contributed by atoms with Gasteiger partial charge in [0.15, 0.2) is 0 Å². The van der Waals surface area contributed by atoms with Crippen LogP contribution < -0.4 is 5.32 Å². The maximum absolute atomic E-state index is 11.6. The summed E-state index contributed by atoms with van der Waals surface area (Å²) in [5.41, 5.74) is 0.614. The SMILES string of the molecule is CCCC(COC)n1cncc1CCNC(=O)OC(C)(C)C. The lowest BCUT2D eigenvalue weighted by Crippen LogP contribution is -2.33. The normalized spacial score (nSPS) is 13.0. The van der Waals surface area contributed by atoms with Crippen LogP contribution in [0.2, 0.25) is 0 Å². The second kappa shape index (κ2) is 8.78. The molecule has 1 unspecified atom stereocenters. The summed E-state index contributed by atoms with van der Waals surface area (Å²) in [6.07, 6.45) is 6.12. The lowest BCUT2D eigenvalue weighted by atomic mass is 10.1. The number of imidazole rings is 1. The minimum absolute atomic E-state index is 0.286. The molecular weight excluding hydrogens is 282 g/mol. The Bertz CT molecular complexity index is 446. The molecule has 22 heavy (non-hydrogen) atoms. The highest BCUT2D eigenvalue weighted by Gasteiger charge is 2.16. The fourth-order valence-electron chi connectivity index (χ4n) is 2.29. The zero-order chi connectivity index (χ0) is 16.6. The summed E-state index contributed by atoms with van der Waals surface area (Å²) in [4.78, 5) is 15.9. The van der Waals surface area contributed by atoms with Crippen LogP contribution >= 0.6 is 0 Å². The smallest absolute Gasteiger partial charge is 0.407 e. The van der Waals surface area contributed by atoms with E-state index in [9.17, 15) is 4.79 Å². The van der Waals surface area contributed by atoms with Crippen LogP contribution in [-0.4, -0.2) is 41.5 Å². The number of hydrogen-bond acceptors (Lipinski definition) is 4. The summed E-state index contributed by atoms with van der Waals surface area (Å²) >= 11 is 0. The Morgan fingerprint density at radius 2 is 2.18 bits per heavy atom. The molecule has 6 nitrogen and oxygen atoms in total. The molecule has 1 N–H and O–H groups in total. The lowest BCUT2D eigenvalue weighted by Gasteiger charge is -2.21. The predicted octanol–water partition coefficient (Wildman–Crippen LogP) is 2.94. The molecule has 1 amide bonds. The van der Waals surface area contributed by atoms with Crippen LogP contribution in [-0.2, 0) is 15.9 Å². The summed E-state index contributed by atoms with van der Waals surface area (Å²) in [6, 6.07) is 0.286. The van der Waals surface area contributed by atoms with Crippen LogP contribution in [0.1, 0.15) is 52.3 Å². The van der Waals surface area contributed by atoms with Gasteiger partial charge in [0.25, 0.3) is 0 Å². The Morgan fingerprint density at radius 1 is 1.45 bits per heavy atom. The van der Waals surface area contributed by atoms with Gasteiger partial charge in [-0.05, 0) is 27.2 Å². The maximum atomic E-state index is 11.6. The van der Waals surface area contributed by atoms with Gasteiger partial charge in [0.05, 0.1) is 19.0 Å². The van der Waals surface area contributed by atoms with Crippen molar-refractivity contribution in [2.45, 2.75) is 58.6 Å². The van der Waals surface area contributed by atoms with Crippen molar-refractivity contribution in [1.29, 1.82) is 0 Å². The van der Waals surface area contributed by atoms with Crippen LogP contribution in [0.4, 0.5) is 4.79 Å². The molecule has 0 aliphatic carbocycles. The van der Waals surface area contributed by atoms with Gasteiger partial charge in [0, 0.05) is 32.0 Å². The average Bonchev–Trinajstić information content (AvgIpc) is 2.84. The fourth-order valence-corrected chi connectivity index (χ4v) is 2.29. The molecule has 1 atom stereocenters. The number of rotatable bonds is 8. The second-order valence-electron chi connectivity index (χ2n) is 6.37. The first-order valence-corrected chi connectivity index (χ1v) is 7.84. The first kappa shape index (κ1) is 18.5. The second-order valence-corrected chi connectivity index (χ2v) is 6.37. The summed E-state index contributed by atoms with van der Waals surface area (Å²) in [7, 11) is 1.71. The fraction of sp³-hybridized carbons (Fsp3) is 0.750. The Balaban J connectivity index is 2.53. The highest BCUT2D eigenvalue weighted by Crippen LogP contribution is 2.17. The molecule has 0 aromatic carbocycles. The van der Waals surface area contributed by atoms with E-state index in [2.05, 4.69) is 21.8 Å². The monoisotopic (exact) mass is 311 g/mol. The van der Waals surface area contributed by atoms with Gasteiger partial charge in [-0.2, -0.15) is 0 Å². The number of aromatic nitrogens is 2. The third-order valence-electron chi connectivity index (χ3n) is 3.17. The molecule has 126 valence electrons. The van der Waals surface area contributed by atoms with E-state index in [1.54, 1.807) is 7.11 Å². The number of ether oxygens (including phenoxy) is 2. The first-order chi connectivity index (χ1) is 10.4. The molecule has 0 bridgehead atoms. The molecule has 0 saturated carbocycles. The third kappa shape index (κ3) is 6.47. The van der Waals surface area contributed by atoms with Crippen molar-refractivity contribution in [2.75, 3.05) is 20.3 Å². The van der Waals surface area contributed by atoms with Gasteiger partial charge in [-0.1, -0.05) is 13.3 Å². The summed E-state index contributed by atoms with van der Waals surface area (Å²) in [5, 5.41) is 2.77. The quantitative estimate of drug-likeness (QED) is 0.801. The Morgan fingerprint density at radius 3 is 2.77 bits per heavy atom. The standard InChI is InChI=1S/C16H29N3O3/c1-6-7-14(11-21-5)19-12-17-10-13(19)8-9-18-15(20)22-16(2,3)4/h10,12,14H,6-9,11H2,1-5H3,(H,18,20). The minimum Gasteiger partial charge on any atom is -0.444 e. The Labute approximate surface area is 133 Å². The first-order valence-electron chi connectivity index (χ1n) is 7.84. The van der Waals surface area contributed by atoms with E-state index < -0.39 is 5.60 Å². The highest BCUT2D eigenvalue weighted by molar-refractivity contribution is 5.67. The average molecular weight is 311 g/mol. The number of hydrogen-bond donors (Lipinski definition) is 1. The van der Waals surface area contributed by atoms with Crippen molar-refractivity contribution >= 4 is 6.09 Å². The molecule has 0 aliphatic heterocycles. The molecule has 1 aromatic rings. The molecule has 1 heterocycles. The van der Waals surface area contributed by atoms with Gasteiger partial charge in [0.1, 0.15) is 5.60 Å². The molecular formula is C16H29N3O3. The van der Waals surface area contributed by atoms with E-state index in [4.69, 9.17) is 9.47 Å². The number of amides is 1. The van der Waals surface area contributed by atoms with Crippen molar-refractivity contribution in [1.82, 2.24) is 14.9 Å². The van der Waals surface area contributed by atoms with Crippen LogP contribution in [0.15, 0.2) is 12.5 Å². The van der Waals surface area contributed by atoms with Gasteiger partial charge in [-0.15, -0.1) is 0 Å². The van der Waals surface area contributed by atoms with E-state index in [1.165, 1.54) is 0 Å². The van der Waals surface area contributed by atoms with Crippen molar-refractivity contribution < 1.29 is 14.3 Å². The van der Waals surface area contributed by atoms with E-state index >= 15 is 0 Å². The lowest BCUT2D eigenvalue weighted by molar-refractivity contribution is 0.0528. The van der Waals surface area contributed by atoms with Gasteiger partial charge in [-0.3, -0.25) is 0 Å². The minimum atomic E-state index is -0.476. The zero-order valence-corrected chi connectivity index (χ0v) is 14.4. The van der Waals surface area contributed by atoms with Gasteiger partial charge < -0.3 is 19.4 Å². The number of carbonyl (C=O) groups excluding carboxylic acids is 1. The number of methoxy groups -OCH3 is 1. The van der Waals surface area contributed by atoms with E-state index in [0.717, 1.165) is 18.5 Å². The zero-order valence-electron chi connectivity index (χ0n) is 14.4. The van der Waals surface area contributed by atoms with Crippen LogP contribution in [0.25, 0.3) is 0 Å².